The molecule has 1 atom stereocenters. The van der Waals surface area contributed by atoms with E-state index in [0.29, 0.717) is 17.5 Å². The van der Waals surface area contributed by atoms with Gasteiger partial charge in [-0.25, -0.2) is 0 Å². The van der Waals surface area contributed by atoms with E-state index in [1.54, 1.807) is 11.0 Å². The van der Waals surface area contributed by atoms with Crippen molar-refractivity contribution in [3.05, 3.63) is 76.9 Å². The average molecular weight is 483 g/mol. The predicted molar refractivity (Wildman–Crippen MR) is 129 cm³/mol. The summed E-state index contributed by atoms with van der Waals surface area (Å²) in [5, 5.41) is 29.7. The molecule has 2 N–H and O–H groups in total. The third kappa shape index (κ3) is 7.46. The number of nitriles is 2. The quantitative estimate of drug-likeness (QED) is 0.568. The van der Waals surface area contributed by atoms with Gasteiger partial charge in [-0.15, -0.1) is 0 Å². The molecular weight excluding hydrogens is 457 g/mol. The highest BCUT2D eigenvalue weighted by Gasteiger charge is 2.33. The van der Waals surface area contributed by atoms with Gasteiger partial charge in [0.15, 0.2) is 0 Å². The van der Waals surface area contributed by atoms with Gasteiger partial charge in [0.25, 0.3) is 0 Å². The van der Waals surface area contributed by atoms with Gasteiger partial charge in [0, 0.05) is 31.0 Å². The Morgan fingerprint density at radius 2 is 1.83 bits per heavy atom. The fourth-order valence-electron chi connectivity index (χ4n) is 3.38. The van der Waals surface area contributed by atoms with Crippen molar-refractivity contribution in [1.29, 1.82) is 10.5 Å². The van der Waals surface area contributed by atoms with Crippen LogP contribution in [0.1, 0.15) is 35.1 Å². The molecule has 0 radical (unpaired) electrons. The highest BCUT2D eigenvalue weighted by molar-refractivity contribution is 5.80. The minimum atomic E-state index is -4.49. The summed E-state index contributed by atoms with van der Waals surface area (Å²) in [5.74, 6) is 0. The lowest BCUT2D eigenvalue weighted by atomic mass is 9.95. The summed E-state index contributed by atoms with van der Waals surface area (Å²) >= 11 is 0. The van der Waals surface area contributed by atoms with Crippen molar-refractivity contribution in [1.82, 2.24) is 0 Å². The Bertz CT molecular complexity index is 1190. The van der Waals surface area contributed by atoms with E-state index >= 15 is 0 Å². The second-order valence-corrected chi connectivity index (χ2v) is 7.68. The number of hydrogen-bond acceptors (Lipinski definition) is 6. The van der Waals surface area contributed by atoms with Gasteiger partial charge in [-0.3, -0.25) is 0 Å². The SMILES string of the molecule is CN(CC(O)C=O)c1ccc(C#N)c(C2=CCCC=C2)c1.CNc1ccc(C#N)c(C(F)(F)F)c1. The Hall–Kier alpha value is -4.08. The van der Waals surface area contributed by atoms with Crippen LogP contribution in [0.4, 0.5) is 24.5 Å². The first-order valence-electron chi connectivity index (χ1n) is 10.7. The maximum absolute atomic E-state index is 12.4. The number of nitrogens with one attached hydrogen (secondary N) is 1. The van der Waals surface area contributed by atoms with Gasteiger partial charge in [-0.05, 0) is 54.8 Å². The van der Waals surface area contributed by atoms with E-state index in [-0.39, 0.29) is 12.1 Å². The van der Waals surface area contributed by atoms with Crippen LogP contribution in [0.25, 0.3) is 5.57 Å². The maximum atomic E-state index is 12.4. The molecular formula is C26H25F3N4O2. The normalized spacial score (nSPS) is 13.3. The van der Waals surface area contributed by atoms with Crippen molar-refractivity contribution in [3.8, 4) is 12.1 Å². The largest absolute Gasteiger partial charge is 0.417 e. The maximum Gasteiger partial charge on any atom is 0.417 e. The molecule has 2 aromatic rings. The zero-order chi connectivity index (χ0) is 26.0. The van der Waals surface area contributed by atoms with Crippen molar-refractivity contribution >= 4 is 23.2 Å². The molecule has 0 saturated carbocycles. The first kappa shape index (κ1) is 27.2. The molecule has 9 heteroatoms. The van der Waals surface area contributed by atoms with Crippen LogP contribution in [0.2, 0.25) is 0 Å². The van der Waals surface area contributed by atoms with Crippen molar-refractivity contribution in [2.24, 2.45) is 0 Å². The molecule has 0 aromatic heterocycles. The summed E-state index contributed by atoms with van der Waals surface area (Å²) in [6.45, 7) is 0.226. The molecule has 0 spiro atoms. The van der Waals surface area contributed by atoms with Crippen LogP contribution < -0.4 is 10.2 Å². The number of aliphatic hydroxyl groups excluding tert-OH is 1. The lowest BCUT2D eigenvalue weighted by Crippen LogP contribution is -2.29. The number of carbonyl (C=O) groups excluding carboxylic acids is 1. The molecule has 35 heavy (non-hydrogen) atoms. The molecule has 0 fully saturated rings. The minimum Gasteiger partial charge on any atom is -0.388 e. The average Bonchev–Trinajstić information content (AvgIpc) is 2.88. The number of anilines is 2. The van der Waals surface area contributed by atoms with Crippen molar-refractivity contribution < 1.29 is 23.1 Å². The zero-order valence-electron chi connectivity index (χ0n) is 19.3. The van der Waals surface area contributed by atoms with Crippen LogP contribution in [0, 0.1) is 22.7 Å². The van der Waals surface area contributed by atoms with E-state index in [0.717, 1.165) is 41.8 Å². The van der Waals surface area contributed by atoms with E-state index in [2.05, 4.69) is 23.5 Å². The number of aliphatic hydroxyl groups is 1. The van der Waals surface area contributed by atoms with Crippen LogP contribution in [-0.4, -0.2) is 38.1 Å². The number of likely N-dealkylation sites (N-methyl/N-ethyl adjacent to an activating group) is 1. The molecule has 2 aromatic carbocycles. The monoisotopic (exact) mass is 482 g/mol. The first-order valence-corrected chi connectivity index (χ1v) is 10.7. The number of halogens is 3. The second-order valence-electron chi connectivity index (χ2n) is 7.68. The molecule has 1 unspecified atom stereocenters. The molecule has 6 nitrogen and oxygen atoms in total. The summed E-state index contributed by atoms with van der Waals surface area (Å²) in [7, 11) is 3.32. The predicted octanol–water partition coefficient (Wildman–Crippen LogP) is 4.91. The second kappa shape index (κ2) is 12.4. The Morgan fingerprint density at radius 3 is 2.37 bits per heavy atom. The van der Waals surface area contributed by atoms with Crippen molar-refractivity contribution in [2.75, 3.05) is 30.9 Å². The number of rotatable bonds is 6. The summed E-state index contributed by atoms with van der Waals surface area (Å²) < 4.78 is 37.1. The van der Waals surface area contributed by atoms with E-state index in [4.69, 9.17) is 5.26 Å². The molecule has 0 saturated heterocycles. The number of hydrogen-bond donors (Lipinski definition) is 2. The number of carbonyl (C=O) groups is 1. The molecule has 0 amide bonds. The van der Waals surface area contributed by atoms with Gasteiger partial charge in [0.05, 0.1) is 35.4 Å². The summed E-state index contributed by atoms with van der Waals surface area (Å²) in [6.07, 6.45) is 3.28. The first-order chi connectivity index (χ1) is 16.6. The van der Waals surface area contributed by atoms with E-state index in [1.807, 2.05) is 25.3 Å². The fourth-order valence-corrected chi connectivity index (χ4v) is 3.38. The van der Waals surface area contributed by atoms with Crippen LogP contribution in [-0.2, 0) is 11.0 Å². The molecule has 0 aliphatic heterocycles. The Kier molecular flexibility index (Phi) is 9.63. The molecule has 0 bridgehead atoms. The highest BCUT2D eigenvalue weighted by atomic mass is 19.4. The summed E-state index contributed by atoms with van der Waals surface area (Å²) in [4.78, 5) is 12.4. The van der Waals surface area contributed by atoms with E-state index in [1.165, 1.54) is 19.2 Å². The number of benzene rings is 2. The number of nitrogens with zero attached hydrogens (tertiary/aromatic N) is 3. The molecule has 3 rings (SSSR count). The summed E-state index contributed by atoms with van der Waals surface area (Å²) in [6, 6.07) is 12.7. The number of allylic oxidation sites excluding steroid dienone is 4. The van der Waals surface area contributed by atoms with Crippen molar-refractivity contribution in [3.63, 3.8) is 0 Å². The zero-order valence-corrected chi connectivity index (χ0v) is 19.3. The molecule has 182 valence electrons. The van der Waals surface area contributed by atoms with E-state index < -0.39 is 17.8 Å². The Morgan fingerprint density at radius 1 is 1.14 bits per heavy atom. The van der Waals surface area contributed by atoms with Gasteiger partial charge < -0.3 is 20.1 Å². The molecule has 1 aliphatic rings. The Labute approximate surface area is 202 Å². The molecule has 0 heterocycles. The van der Waals surface area contributed by atoms with Crippen LogP contribution in [0.15, 0.2) is 54.6 Å². The van der Waals surface area contributed by atoms with Gasteiger partial charge in [0.2, 0.25) is 0 Å². The van der Waals surface area contributed by atoms with Gasteiger partial charge in [-0.2, -0.15) is 23.7 Å². The topological polar surface area (TPSA) is 100 Å². The van der Waals surface area contributed by atoms with Crippen molar-refractivity contribution in [2.45, 2.75) is 25.1 Å². The van der Waals surface area contributed by atoms with Crippen LogP contribution in [0.5, 0.6) is 0 Å². The third-order valence-electron chi connectivity index (χ3n) is 5.22. The highest BCUT2D eigenvalue weighted by Crippen LogP contribution is 2.33. The van der Waals surface area contributed by atoms with E-state index in [9.17, 15) is 28.3 Å². The van der Waals surface area contributed by atoms with Gasteiger partial charge >= 0.3 is 6.18 Å². The van der Waals surface area contributed by atoms with Gasteiger partial charge in [0.1, 0.15) is 12.4 Å². The van der Waals surface area contributed by atoms with Gasteiger partial charge in [-0.1, -0.05) is 18.2 Å². The fraction of sp³-hybridized carbons (Fsp3) is 0.269. The Balaban J connectivity index is 0.000000269. The smallest absolute Gasteiger partial charge is 0.388 e. The van der Waals surface area contributed by atoms with Crippen LogP contribution >= 0.6 is 0 Å². The minimum absolute atomic E-state index is 0.226. The number of alkyl halides is 3. The number of aldehydes is 1. The lowest BCUT2D eigenvalue weighted by Gasteiger charge is -2.22. The molecule has 1 aliphatic carbocycles. The summed E-state index contributed by atoms with van der Waals surface area (Å²) in [5.41, 5.74) is 2.48. The van der Waals surface area contributed by atoms with Crippen LogP contribution in [0.3, 0.4) is 0 Å². The standard InChI is InChI=1S/C17H18N2O2.C9H7F3N2/c1-19(11-16(21)12-20)15-8-7-14(10-18)17(9-15)13-5-3-2-4-6-13;1-14-7-3-2-6(5-13)8(4-7)9(10,11)12/h3,5-9,12,16,21H,2,4,11H2,1H3;2-4,14H,1H3. The lowest BCUT2D eigenvalue weighted by molar-refractivity contribution is -0.137. The third-order valence-corrected chi connectivity index (χ3v) is 5.22.